The van der Waals surface area contributed by atoms with Crippen LogP contribution in [0.1, 0.15) is 5.82 Å². The van der Waals surface area contributed by atoms with Crippen LogP contribution in [0.5, 0.6) is 5.75 Å². The molecule has 0 aliphatic rings. The lowest BCUT2D eigenvalue weighted by atomic mass is 10.3. The maximum Gasteiger partial charge on any atom is 0.387 e. The highest BCUT2D eigenvalue weighted by atomic mass is 35.5. The molecule has 0 bridgehead atoms. The highest BCUT2D eigenvalue weighted by Crippen LogP contribution is 2.27. The number of ether oxygens (including phenoxy) is 1. The number of nitrogens with one attached hydrogen (secondary N) is 1. The van der Waals surface area contributed by atoms with Gasteiger partial charge in [-0.25, -0.2) is 9.97 Å². The van der Waals surface area contributed by atoms with Crippen LogP contribution in [0.2, 0.25) is 5.15 Å². The Morgan fingerprint density at radius 2 is 1.90 bits per heavy atom. The van der Waals surface area contributed by atoms with E-state index in [1.54, 1.807) is 19.1 Å². The van der Waals surface area contributed by atoms with Crippen LogP contribution in [0.25, 0.3) is 0 Å². The maximum absolute atomic E-state index is 12.0. The van der Waals surface area contributed by atoms with E-state index in [0.717, 1.165) is 0 Å². The SMILES string of the molecule is Cc1nc(Cl)c(N)c(Nc2ccc(OC(F)F)cc2)n1. The molecule has 2 aromatic rings. The molecule has 0 aliphatic heterocycles. The number of nitrogens with two attached hydrogens (primary N) is 1. The van der Waals surface area contributed by atoms with E-state index in [2.05, 4.69) is 20.0 Å². The summed E-state index contributed by atoms with van der Waals surface area (Å²) in [5.74, 6) is 0.879. The first-order valence-electron chi connectivity index (χ1n) is 5.57. The zero-order valence-electron chi connectivity index (χ0n) is 10.4. The van der Waals surface area contributed by atoms with E-state index in [1.807, 2.05) is 0 Å². The van der Waals surface area contributed by atoms with Crippen molar-refractivity contribution in [2.45, 2.75) is 13.5 Å². The average molecular weight is 301 g/mol. The van der Waals surface area contributed by atoms with E-state index in [1.165, 1.54) is 12.1 Å². The first kappa shape index (κ1) is 14.3. The number of hydrogen-bond donors (Lipinski definition) is 2. The lowest BCUT2D eigenvalue weighted by Crippen LogP contribution is -2.04. The van der Waals surface area contributed by atoms with Crippen LogP contribution in [0, 0.1) is 6.92 Å². The fourth-order valence-corrected chi connectivity index (χ4v) is 1.71. The zero-order valence-corrected chi connectivity index (χ0v) is 11.2. The van der Waals surface area contributed by atoms with Gasteiger partial charge in [0.15, 0.2) is 11.0 Å². The van der Waals surface area contributed by atoms with E-state index in [4.69, 9.17) is 17.3 Å². The van der Waals surface area contributed by atoms with Gasteiger partial charge >= 0.3 is 6.61 Å². The lowest BCUT2D eigenvalue weighted by Gasteiger charge is -2.10. The summed E-state index contributed by atoms with van der Waals surface area (Å²) in [5, 5.41) is 3.08. The molecular weight excluding hydrogens is 290 g/mol. The largest absolute Gasteiger partial charge is 0.435 e. The molecule has 0 saturated heterocycles. The Hall–Kier alpha value is -2.15. The highest BCUT2D eigenvalue weighted by molar-refractivity contribution is 6.32. The summed E-state index contributed by atoms with van der Waals surface area (Å²) < 4.78 is 28.3. The molecule has 0 aliphatic carbocycles. The molecular formula is C12H11ClF2N4O. The Morgan fingerprint density at radius 3 is 2.50 bits per heavy atom. The number of benzene rings is 1. The normalized spacial score (nSPS) is 10.7. The van der Waals surface area contributed by atoms with Crippen molar-refractivity contribution < 1.29 is 13.5 Å². The molecule has 0 fully saturated rings. The van der Waals surface area contributed by atoms with Crippen molar-refractivity contribution in [3.05, 3.63) is 35.2 Å². The van der Waals surface area contributed by atoms with Gasteiger partial charge in [-0.3, -0.25) is 0 Å². The molecule has 2 rings (SSSR count). The average Bonchev–Trinajstić information content (AvgIpc) is 2.37. The Balaban J connectivity index is 2.18. The fraction of sp³-hybridized carbons (Fsp3) is 0.167. The number of nitrogen functional groups attached to an aromatic ring is 1. The van der Waals surface area contributed by atoms with Crippen molar-refractivity contribution in [1.29, 1.82) is 0 Å². The fourth-order valence-electron chi connectivity index (χ4n) is 1.50. The maximum atomic E-state index is 12.0. The minimum absolute atomic E-state index is 0.0652. The molecule has 0 saturated carbocycles. The third kappa shape index (κ3) is 3.45. The van der Waals surface area contributed by atoms with Gasteiger partial charge < -0.3 is 15.8 Å². The van der Waals surface area contributed by atoms with E-state index < -0.39 is 6.61 Å². The number of rotatable bonds is 4. The lowest BCUT2D eigenvalue weighted by molar-refractivity contribution is -0.0498. The predicted molar refractivity (Wildman–Crippen MR) is 72.5 cm³/mol. The number of aromatic nitrogens is 2. The Bertz CT molecular complexity index is 607. The summed E-state index contributed by atoms with van der Waals surface area (Å²) in [5.41, 5.74) is 6.57. The van der Waals surface area contributed by atoms with Gasteiger partial charge in [-0.1, -0.05) is 11.6 Å². The number of aryl methyl sites for hydroxylation is 1. The number of anilines is 3. The molecule has 0 radical (unpaired) electrons. The van der Waals surface area contributed by atoms with Gasteiger partial charge in [0.05, 0.1) is 0 Å². The third-order valence-corrected chi connectivity index (χ3v) is 2.64. The summed E-state index contributed by atoms with van der Waals surface area (Å²) in [6.45, 7) is -1.18. The molecule has 0 unspecified atom stereocenters. The van der Waals surface area contributed by atoms with Gasteiger partial charge in [-0.15, -0.1) is 0 Å². The van der Waals surface area contributed by atoms with E-state index in [-0.39, 0.29) is 16.6 Å². The van der Waals surface area contributed by atoms with Gasteiger partial charge in [0.25, 0.3) is 0 Å². The van der Waals surface area contributed by atoms with E-state index in [9.17, 15) is 8.78 Å². The van der Waals surface area contributed by atoms with Crippen molar-refractivity contribution in [1.82, 2.24) is 9.97 Å². The van der Waals surface area contributed by atoms with Gasteiger partial charge in [0, 0.05) is 5.69 Å². The van der Waals surface area contributed by atoms with Crippen LogP contribution in [-0.2, 0) is 0 Å². The number of halogens is 3. The molecule has 0 amide bonds. The summed E-state index contributed by atoms with van der Waals surface area (Å²) in [6.07, 6.45) is 0. The Morgan fingerprint density at radius 1 is 1.25 bits per heavy atom. The van der Waals surface area contributed by atoms with Gasteiger partial charge in [-0.05, 0) is 31.2 Å². The molecule has 1 heterocycles. The number of alkyl halides is 2. The molecule has 106 valence electrons. The van der Waals surface area contributed by atoms with Gasteiger partial charge in [-0.2, -0.15) is 8.78 Å². The molecule has 0 atom stereocenters. The molecule has 1 aromatic heterocycles. The summed E-state index contributed by atoms with van der Waals surface area (Å²) in [4.78, 5) is 8.02. The van der Waals surface area contributed by atoms with Crippen LogP contribution in [-0.4, -0.2) is 16.6 Å². The second kappa shape index (κ2) is 5.87. The van der Waals surface area contributed by atoms with Crippen LogP contribution in [0.4, 0.5) is 26.0 Å². The topological polar surface area (TPSA) is 73.1 Å². The second-order valence-electron chi connectivity index (χ2n) is 3.85. The molecule has 8 heteroatoms. The van der Waals surface area contributed by atoms with Crippen LogP contribution in [0.3, 0.4) is 0 Å². The monoisotopic (exact) mass is 300 g/mol. The van der Waals surface area contributed by atoms with Crippen LogP contribution < -0.4 is 15.8 Å². The second-order valence-corrected chi connectivity index (χ2v) is 4.21. The molecule has 1 aromatic carbocycles. The summed E-state index contributed by atoms with van der Waals surface area (Å²) in [7, 11) is 0. The summed E-state index contributed by atoms with van der Waals surface area (Å²) in [6, 6.07) is 5.92. The van der Waals surface area contributed by atoms with Crippen LogP contribution >= 0.6 is 11.6 Å². The predicted octanol–water partition coefficient (Wildman–Crippen LogP) is 3.37. The number of hydrogen-bond acceptors (Lipinski definition) is 5. The molecule has 3 N–H and O–H groups in total. The third-order valence-electron chi connectivity index (χ3n) is 2.35. The smallest absolute Gasteiger partial charge is 0.387 e. The minimum Gasteiger partial charge on any atom is -0.435 e. The molecule has 5 nitrogen and oxygen atoms in total. The minimum atomic E-state index is -2.85. The molecule has 0 spiro atoms. The highest BCUT2D eigenvalue weighted by Gasteiger charge is 2.09. The Labute approximate surface area is 118 Å². The van der Waals surface area contributed by atoms with Gasteiger partial charge in [0.2, 0.25) is 0 Å². The molecule has 20 heavy (non-hydrogen) atoms. The summed E-state index contributed by atoms with van der Waals surface area (Å²) >= 11 is 5.85. The number of nitrogens with zero attached hydrogens (tertiary/aromatic N) is 2. The van der Waals surface area contributed by atoms with Crippen molar-refractivity contribution in [3.8, 4) is 5.75 Å². The van der Waals surface area contributed by atoms with Gasteiger partial charge in [0.1, 0.15) is 17.3 Å². The first-order chi connectivity index (χ1) is 9.45. The van der Waals surface area contributed by atoms with Crippen molar-refractivity contribution in [2.75, 3.05) is 11.1 Å². The van der Waals surface area contributed by atoms with Crippen molar-refractivity contribution in [2.24, 2.45) is 0 Å². The quantitative estimate of drug-likeness (QED) is 0.847. The standard InChI is InChI=1S/C12H11ClF2N4O/c1-6-17-10(13)9(16)11(18-6)19-7-2-4-8(5-3-7)20-12(14)15/h2-5,12H,16H2,1H3,(H,17,18,19). The zero-order chi connectivity index (χ0) is 14.7. The first-order valence-corrected chi connectivity index (χ1v) is 5.95. The Kier molecular flexibility index (Phi) is 4.19. The van der Waals surface area contributed by atoms with Crippen LogP contribution in [0.15, 0.2) is 24.3 Å². The van der Waals surface area contributed by atoms with Crippen molar-refractivity contribution in [3.63, 3.8) is 0 Å². The van der Waals surface area contributed by atoms with Crippen molar-refractivity contribution >= 4 is 28.8 Å². The van der Waals surface area contributed by atoms with E-state index in [0.29, 0.717) is 17.3 Å². The van der Waals surface area contributed by atoms with E-state index >= 15 is 0 Å².